The van der Waals surface area contributed by atoms with Crippen molar-refractivity contribution in [3.63, 3.8) is 0 Å². The standard InChI is InChI=1S/C59H36N2O/c1-2-15-37(16-3-1)38-29-31-39(32-30-38)53-36-54(61-58(60-53)48-23-14-28-56-57(48)47-22-9-13-27-55(47)62-56)40-33-34-46-42-18-5-4-17-41(42)43-19-6-10-24-49(43)59(52(46)35-40)50-25-11-7-20-44(50)45-21-8-12-26-51(45)59/h1-36H. The molecule has 0 fully saturated rings. The fourth-order valence-electron chi connectivity index (χ4n) is 10.5. The predicted octanol–water partition coefficient (Wildman–Crippen LogP) is 15.1. The summed E-state index contributed by atoms with van der Waals surface area (Å²) >= 11 is 0. The molecule has 0 unspecified atom stereocenters. The first kappa shape index (κ1) is 34.7. The third kappa shape index (κ3) is 5.00. The number of hydrogen-bond acceptors (Lipinski definition) is 3. The first-order valence-electron chi connectivity index (χ1n) is 21.2. The number of fused-ring (bicyclic) bond motifs is 15. The minimum Gasteiger partial charge on any atom is -0.456 e. The first-order valence-corrected chi connectivity index (χ1v) is 21.2. The van der Waals surface area contributed by atoms with Crippen LogP contribution in [0.15, 0.2) is 223 Å². The molecule has 3 heteroatoms. The molecule has 2 aliphatic rings. The number of furan rings is 1. The highest BCUT2D eigenvalue weighted by molar-refractivity contribution is 6.12. The topological polar surface area (TPSA) is 38.9 Å². The van der Waals surface area contributed by atoms with Crippen LogP contribution in [0, 0.1) is 0 Å². The summed E-state index contributed by atoms with van der Waals surface area (Å²) in [5.74, 6) is 0.652. The van der Waals surface area contributed by atoms with Gasteiger partial charge < -0.3 is 4.42 Å². The Balaban J connectivity index is 1.10. The van der Waals surface area contributed by atoms with Gasteiger partial charge in [0.15, 0.2) is 5.82 Å². The first-order chi connectivity index (χ1) is 30.7. The normalized spacial score (nSPS) is 13.0. The summed E-state index contributed by atoms with van der Waals surface area (Å²) in [5.41, 5.74) is 20.7. The molecule has 2 heterocycles. The number of hydrogen-bond donors (Lipinski definition) is 0. The van der Waals surface area contributed by atoms with Crippen molar-refractivity contribution >= 4 is 21.9 Å². The van der Waals surface area contributed by atoms with Crippen LogP contribution < -0.4 is 0 Å². The van der Waals surface area contributed by atoms with Crippen molar-refractivity contribution in [3.05, 3.63) is 241 Å². The quantitative estimate of drug-likeness (QED) is 0.178. The van der Waals surface area contributed by atoms with Crippen molar-refractivity contribution in [2.75, 3.05) is 0 Å². The molecular formula is C59H36N2O. The van der Waals surface area contributed by atoms with Crippen LogP contribution in [0.5, 0.6) is 0 Å². The van der Waals surface area contributed by atoms with Gasteiger partial charge in [0.1, 0.15) is 11.2 Å². The molecule has 62 heavy (non-hydrogen) atoms. The molecule has 288 valence electrons. The molecule has 3 nitrogen and oxygen atoms in total. The molecule has 2 aromatic heterocycles. The molecule has 0 bridgehead atoms. The molecule has 0 aliphatic heterocycles. The van der Waals surface area contributed by atoms with Crippen molar-refractivity contribution in [1.29, 1.82) is 0 Å². The molecule has 2 aliphatic carbocycles. The molecule has 0 saturated carbocycles. The van der Waals surface area contributed by atoms with Gasteiger partial charge in [-0.25, -0.2) is 9.97 Å². The van der Waals surface area contributed by atoms with Gasteiger partial charge in [0.2, 0.25) is 0 Å². The Morgan fingerprint density at radius 3 is 1.45 bits per heavy atom. The lowest BCUT2D eigenvalue weighted by molar-refractivity contribution is 0.669. The van der Waals surface area contributed by atoms with Crippen LogP contribution in [-0.2, 0) is 5.41 Å². The summed E-state index contributed by atoms with van der Waals surface area (Å²) in [6.45, 7) is 0. The molecule has 0 saturated heterocycles. The summed E-state index contributed by atoms with van der Waals surface area (Å²) in [7, 11) is 0. The Bertz CT molecular complexity index is 3540. The smallest absolute Gasteiger partial charge is 0.161 e. The Morgan fingerprint density at radius 2 is 0.774 bits per heavy atom. The summed E-state index contributed by atoms with van der Waals surface area (Å²) in [5, 5.41) is 2.06. The highest BCUT2D eigenvalue weighted by Crippen LogP contribution is 2.61. The van der Waals surface area contributed by atoms with E-state index in [0.717, 1.165) is 55.6 Å². The van der Waals surface area contributed by atoms with E-state index >= 15 is 0 Å². The molecule has 0 radical (unpaired) electrons. The van der Waals surface area contributed by atoms with E-state index in [1.54, 1.807) is 0 Å². The van der Waals surface area contributed by atoms with E-state index in [1.165, 1.54) is 61.2 Å². The average molecular weight is 789 g/mol. The van der Waals surface area contributed by atoms with E-state index in [0.29, 0.717) is 5.82 Å². The van der Waals surface area contributed by atoms with E-state index < -0.39 is 5.41 Å². The van der Waals surface area contributed by atoms with Crippen molar-refractivity contribution in [1.82, 2.24) is 9.97 Å². The lowest BCUT2D eigenvalue weighted by atomic mass is 9.65. The molecule has 13 rings (SSSR count). The van der Waals surface area contributed by atoms with Crippen LogP contribution in [0.2, 0.25) is 0 Å². The molecule has 11 aromatic rings. The van der Waals surface area contributed by atoms with Crippen LogP contribution in [0.4, 0.5) is 0 Å². The second-order valence-electron chi connectivity index (χ2n) is 16.4. The van der Waals surface area contributed by atoms with Crippen LogP contribution in [0.25, 0.3) is 100 Å². The van der Waals surface area contributed by atoms with E-state index in [4.69, 9.17) is 14.4 Å². The van der Waals surface area contributed by atoms with Gasteiger partial charge in [-0.3, -0.25) is 0 Å². The summed E-state index contributed by atoms with van der Waals surface area (Å²) in [6.07, 6.45) is 0. The maximum Gasteiger partial charge on any atom is 0.161 e. The molecule has 0 N–H and O–H groups in total. The lowest BCUT2D eigenvalue weighted by Crippen LogP contribution is -2.29. The highest BCUT2D eigenvalue weighted by atomic mass is 16.3. The van der Waals surface area contributed by atoms with Gasteiger partial charge in [-0.2, -0.15) is 0 Å². The number of nitrogens with zero attached hydrogens (tertiary/aromatic N) is 2. The molecule has 0 atom stereocenters. The monoisotopic (exact) mass is 788 g/mol. The van der Waals surface area contributed by atoms with Crippen LogP contribution in [0.3, 0.4) is 0 Å². The third-order valence-corrected chi connectivity index (χ3v) is 13.2. The molecule has 1 spiro atoms. The summed E-state index contributed by atoms with van der Waals surface area (Å²) in [4.78, 5) is 10.9. The molecule has 9 aromatic carbocycles. The molecule has 0 amide bonds. The number of aromatic nitrogens is 2. The van der Waals surface area contributed by atoms with E-state index in [-0.39, 0.29) is 0 Å². The zero-order valence-electron chi connectivity index (χ0n) is 33.6. The van der Waals surface area contributed by atoms with Gasteiger partial charge in [-0.1, -0.05) is 194 Å². The fourth-order valence-corrected chi connectivity index (χ4v) is 10.5. The second kappa shape index (κ2) is 13.4. The minimum atomic E-state index is -0.596. The maximum absolute atomic E-state index is 6.39. The van der Waals surface area contributed by atoms with Gasteiger partial charge in [-0.15, -0.1) is 0 Å². The van der Waals surface area contributed by atoms with Crippen molar-refractivity contribution in [2.24, 2.45) is 0 Å². The highest BCUT2D eigenvalue weighted by Gasteiger charge is 2.49. The largest absolute Gasteiger partial charge is 0.456 e. The Hall–Kier alpha value is -8.14. The number of benzene rings is 9. The van der Waals surface area contributed by atoms with Gasteiger partial charge in [-0.05, 0) is 91.0 Å². The zero-order chi connectivity index (χ0) is 40.8. The van der Waals surface area contributed by atoms with Crippen LogP contribution >= 0.6 is 0 Å². The van der Waals surface area contributed by atoms with Gasteiger partial charge in [0.25, 0.3) is 0 Å². The lowest BCUT2D eigenvalue weighted by Gasteiger charge is -2.35. The summed E-state index contributed by atoms with van der Waals surface area (Å²) in [6, 6.07) is 78.8. The van der Waals surface area contributed by atoms with Crippen molar-refractivity contribution < 1.29 is 4.42 Å². The van der Waals surface area contributed by atoms with E-state index in [1.807, 2.05) is 24.3 Å². The zero-order valence-corrected chi connectivity index (χ0v) is 33.6. The minimum absolute atomic E-state index is 0.596. The number of rotatable bonds is 4. The van der Waals surface area contributed by atoms with Gasteiger partial charge in [0, 0.05) is 27.5 Å². The maximum atomic E-state index is 6.39. The van der Waals surface area contributed by atoms with Gasteiger partial charge >= 0.3 is 0 Å². The summed E-state index contributed by atoms with van der Waals surface area (Å²) < 4.78 is 6.39. The average Bonchev–Trinajstić information content (AvgIpc) is 3.85. The van der Waals surface area contributed by atoms with E-state index in [9.17, 15) is 0 Å². The Labute approximate surface area is 359 Å². The molecular weight excluding hydrogens is 753 g/mol. The number of para-hydroxylation sites is 1. The van der Waals surface area contributed by atoms with Crippen molar-refractivity contribution in [3.8, 4) is 78.4 Å². The van der Waals surface area contributed by atoms with Crippen LogP contribution in [0.1, 0.15) is 22.3 Å². The predicted molar refractivity (Wildman–Crippen MR) is 253 cm³/mol. The van der Waals surface area contributed by atoms with Crippen molar-refractivity contribution in [2.45, 2.75) is 5.41 Å². The Morgan fingerprint density at radius 1 is 0.306 bits per heavy atom. The third-order valence-electron chi connectivity index (χ3n) is 13.2. The van der Waals surface area contributed by atoms with Crippen LogP contribution in [-0.4, -0.2) is 9.97 Å². The SMILES string of the molecule is c1ccc(-c2ccc(-c3cc(-c4ccc5c(c4)C4(c6ccccc6-c6ccccc6-5)c5ccccc5-c5ccccc54)nc(-c4cccc5oc6ccccc6c45)n3)cc2)cc1. The fraction of sp³-hybridized carbons (Fsp3) is 0.0169. The van der Waals surface area contributed by atoms with Gasteiger partial charge in [0.05, 0.1) is 16.8 Å². The second-order valence-corrected chi connectivity index (χ2v) is 16.4. The van der Waals surface area contributed by atoms with E-state index in [2.05, 4.69) is 194 Å². The Kier molecular flexibility index (Phi) is 7.52.